The molecule has 1 saturated carbocycles. The molecule has 20 heavy (non-hydrogen) atoms. The second-order valence-electron chi connectivity index (χ2n) is 5.06. The lowest BCUT2D eigenvalue weighted by atomic mass is 10.2. The summed E-state index contributed by atoms with van der Waals surface area (Å²) in [6.07, 6.45) is 7.05. The fraction of sp³-hybridized carbons (Fsp3) is 0.400. The molecule has 5 heteroatoms. The Morgan fingerprint density at radius 1 is 1.25 bits per heavy atom. The highest BCUT2D eigenvalue weighted by Crippen LogP contribution is 2.38. The molecule has 0 aromatic carbocycles. The molecule has 1 aliphatic carbocycles. The second-order valence-corrected chi connectivity index (χ2v) is 5.06. The lowest BCUT2D eigenvalue weighted by molar-refractivity contribution is 0.915. The van der Waals surface area contributed by atoms with Crippen molar-refractivity contribution in [3.8, 4) is 0 Å². The number of pyridine rings is 1. The monoisotopic (exact) mass is 269 g/mol. The normalized spacial score (nSPS) is 14.1. The van der Waals surface area contributed by atoms with Crippen LogP contribution in [-0.4, -0.2) is 28.5 Å². The van der Waals surface area contributed by atoms with Crippen molar-refractivity contribution < 1.29 is 0 Å². The van der Waals surface area contributed by atoms with Gasteiger partial charge in [0.1, 0.15) is 17.5 Å². The van der Waals surface area contributed by atoms with Gasteiger partial charge in [0.05, 0.1) is 0 Å². The summed E-state index contributed by atoms with van der Waals surface area (Å²) < 4.78 is 0. The van der Waals surface area contributed by atoms with Crippen LogP contribution in [-0.2, 0) is 6.42 Å². The lowest BCUT2D eigenvalue weighted by Crippen LogP contribution is -2.09. The molecule has 0 amide bonds. The molecule has 0 bridgehead atoms. The van der Waals surface area contributed by atoms with Gasteiger partial charge in [-0.3, -0.25) is 4.98 Å². The second kappa shape index (κ2) is 5.86. The van der Waals surface area contributed by atoms with Gasteiger partial charge in [0.2, 0.25) is 0 Å². The first-order chi connectivity index (χ1) is 9.85. The van der Waals surface area contributed by atoms with Crippen molar-refractivity contribution >= 4 is 11.6 Å². The maximum Gasteiger partial charge on any atom is 0.136 e. The van der Waals surface area contributed by atoms with E-state index in [2.05, 4.69) is 31.7 Å². The third kappa shape index (κ3) is 3.23. The van der Waals surface area contributed by atoms with Gasteiger partial charge < -0.3 is 10.6 Å². The number of nitrogens with zero attached hydrogens (tertiary/aromatic N) is 3. The topological polar surface area (TPSA) is 62.7 Å². The first-order valence-electron chi connectivity index (χ1n) is 7.04. The minimum Gasteiger partial charge on any atom is -0.373 e. The minimum atomic E-state index is 0.558. The molecule has 5 nitrogen and oxygen atoms in total. The highest BCUT2D eigenvalue weighted by Gasteiger charge is 2.27. The summed E-state index contributed by atoms with van der Waals surface area (Å²) in [6.45, 7) is 0.843. The molecule has 2 aromatic heterocycles. The summed E-state index contributed by atoms with van der Waals surface area (Å²) in [6, 6.07) is 6.00. The summed E-state index contributed by atoms with van der Waals surface area (Å²) >= 11 is 0. The number of anilines is 2. The van der Waals surface area contributed by atoms with E-state index in [-0.39, 0.29) is 0 Å². The highest BCUT2D eigenvalue weighted by atomic mass is 15.1. The van der Waals surface area contributed by atoms with E-state index in [0.717, 1.165) is 30.4 Å². The maximum atomic E-state index is 4.60. The number of aromatic nitrogens is 3. The van der Waals surface area contributed by atoms with E-state index < -0.39 is 0 Å². The molecule has 1 aliphatic rings. The van der Waals surface area contributed by atoms with Crippen LogP contribution in [0.2, 0.25) is 0 Å². The van der Waals surface area contributed by atoms with E-state index in [1.54, 1.807) is 6.20 Å². The largest absolute Gasteiger partial charge is 0.373 e. The Bertz CT molecular complexity index is 566. The van der Waals surface area contributed by atoms with E-state index in [4.69, 9.17) is 0 Å². The third-order valence-electron chi connectivity index (χ3n) is 3.38. The van der Waals surface area contributed by atoms with Gasteiger partial charge in [-0.15, -0.1) is 0 Å². The van der Waals surface area contributed by atoms with Gasteiger partial charge in [0.15, 0.2) is 0 Å². The molecule has 2 heterocycles. The van der Waals surface area contributed by atoms with Crippen LogP contribution >= 0.6 is 0 Å². The molecule has 2 aromatic rings. The predicted octanol–water partition coefficient (Wildman–Crippen LogP) is 2.45. The van der Waals surface area contributed by atoms with Crippen molar-refractivity contribution in [3.63, 3.8) is 0 Å². The highest BCUT2D eigenvalue weighted by molar-refractivity contribution is 5.47. The molecule has 0 aliphatic heterocycles. The van der Waals surface area contributed by atoms with Crippen LogP contribution in [0.15, 0.2) is 30.6 Å². The van der Waals surface area contributed by atoms with Gasteiger partial charge in [0, 0.05) is 38.0 Å². The Morgan fingerprint density at radius 2 is 2.10 bits per heavy atom. The number of nitrogens with one attached hydrogen (secondary N) is 2. The SMILES string of the molecule is CNc1cc(NCCc2cccnc2)nc(C2CC2)n1. The van der Waals surface area contributed by atoms with Crippen molar-refractivity contribution in [2.45, 2.75) is 25.2 Å². The standard InChI is InChI=1S/C15H19N5/c1-16-13-9-14(20-15(19-13)12-4-5-12)18-8-6-11-3-2-7-17-10-11/h2-3,7,9-10,12H,4-6,8H2,1H3,(H2,16,18,19,20). The Kier molecular flexibility index (Phi) is 3.76. The number of rotatable bonds is 6. The van der Waals surface area contributed by atoms with Crippen molar-refractivity contribution in [1.82, 2.24) is 15.0 Å². The number of hydrogen-bond acceptors (Lipinski definition) is 5. The Labute approximate surface area is 118 Å². The summed E-state index contributed by atoms with van der Waals surface area (Å²) in [5.74, 6) is 3.30. The van der Waals surface area contributed by atoms with E-state index >= 15 is 0 Å². The molecule has 1 fully saturated rings. The van der Waals surface area contributed by atoms with Crippen LogP contribution in [0, 0.1) is 0 Å². The maximum absolute atomic E-state index is 4.60. The van der Waals surface area contributed by atoms with E-state index in [9.17, 15) is 0 Å². The van der Waals surface area contributed by atoms with Crippen LogP contribution < -0.4 is 10.6 Å². The van der Waals surface area contributed by atoms with Crippen molar-refractivity contribution in [1.29, 1.82) is 0 Å². The van der Waals surface area contributed by atoms with Crippen LogP contribution in [0.25, 0.3) is 0 Å². The summed E-state index contributed by atoms with van der Waals surface area (Å²) in [5, 5.41) is 6.47. The summed E-state index contributed by atoms with van der Waals surface area (Å²) in [4.78, 5) is 13.2. The Balaban J connectivity index is 1.63. The van der Waals surface area contributed by atoms with Crippen LogP contribution in [0.3, 0.4) is 0 Å². The molecule has 0 saturated heterocycles. The smallest absolute Gasteiger partial charge is 0.136 e. The molecular weight excluding hydrogens is 250 g/mol. The van der Waals surface area contributed by atoms with Crippen molar-refractivity contribution in [2.75, 3.05) is 24.2 Å². The van der Waals surface area contributed by atoms with Crippen LogP contribution in [0.4, 0.5) is 11.6 Å². The van der Waals surface area contributed by atoms with Gasteiger partial charge in [-0.25, -0.2) is 9.97 Å². The van der Waals surface area contributed by atoms with Gasteiger partial charge in [-0.1, -0.05) is 6.07 Å². The van der Waals surface area contributed by atoms with Gasteiger partial charge in [-0.2, -0.15) is 0 Å². The predicted molar refractivity (Wildman–Crippen MR) is 80.0 cm³/mol. The van der Waals surface area contributed by atoms with Gasteiger partial charge in [-0.05, 0) is 30.9 Å². The molecule has 0 spiro atoms. The molecular formula is C15H19N5. The molecule has 0 unspecified atom stereocenters. The molecule has 3 rings (SSSR count). The zero-order valence-electron chi connectivity index (χ0n) is 11.6. The van der Waals surface area contributed by atoms with Crippen LogP contribution in [0.5, 0.6) is 0 Å². The third-order valence-corrected chi connectivity index (χ3v) is 3.38. The van der Waals surface area contributed by atoms with Gasteiger partial charge in [0.25, 0.3) is 0 Å². The first-order valence-corrected chi connectivity index (χ1v) is 7.04. The van der Waals surface area contributed by atoms with Crippen molar-refractivity contribution in [2.24, 2.45) is 0 Å². The minimum absolute atomic E-state index is 0.558. The molecule has 2 N–H and O–H groups in total. The average Bonchev–Trinajstić information content (AvgIpc) is 3.33. The zero-order chi connectivity index (χ0) is 13.8. The number of hydrogen-bond donors (Lipinski definition) is 2. The molecule has 0 radical (unpaired) electrons. The fourth-order valence-electron chi connectivity index (χ4n) is 2.09. The first kappa shape index (κ1) is 12.8. The van der Waals surface area contributed by atoms with E-state index in [1.807, 2.05) is 25.4 Å². The van der Waals surface area contributed by atoms with Crippen molar-refractivity contribution in [3.05, 3.63) is 42.0 Å². The Hall–Kier alpha value is -2.17. The zero-order valence-corrected chi connectivity index (χ0v) is 11.6. The van der Waals surface area contributed by atoms with Gasteiger partial charge >= 0.3 is 0 Å². The Morgan fingerprint density at radius 3 is 2.80 bits per heavy atom. The molecule has 0 atom stereocenters. The van der Waals surface area contributed by atoms with E-state index in [0.29, 0.717) is 5.92 Å². The fourth-order valence-corrected chi connectivity index (χ4v) is 2.09. The van der Waals surface area contributed by atoms with E-state index in [1.165, 1.54) is 18.4 Å². The summed E-state index contributed by atoms with van der Waals surface area (Å²) in [7, 11) is 1.89. The summed E-state index contributed by atoms with van der Waals surface area (Å²) in [5.41, 5.74) is 1.23. The molecule has 104 valence electrons. The quantitative estimate of drug-likeness (QED) is 0.843. The lowest BCUT2D eigenvalue weighted by Gasteiger charge is -2.09. The average molecular weight is 269 g/mol. The van der Waals surface area contributed by atoms with Crippen LogP contribution in [0.1, 0.15) is 30.1 Å².